The van der Waals surface area contributed by atoms with Crippen molar-refractivity contribution in [2.75, 3.05) is 18.9 Å². The number of nitrogens with zero attached hydrogens (tertiary/aromatic N) is 3. The molecule has 0 unspecified atom stereocenters. The summed E-state index contributed by atoms with van der Waals surface area (Å²) in [6.07, 6.45) is 1.49. The van der Waals surface area contributed by atoms with Crippen LogP contribution in [0.2, 0.25) is 5.28 Å². The van der Waals surface area contributed by atoms with Crippen molar-refractivity contribution >= 4 is 34.5 Å². The molecule has 0 aromatic carbocycles. The average molecular weight is 241 g/mol. The van der Waals surface area contributed by atoms with Crippen molar-refractivity contribution in [2.24, 2.45) is 0 Å². The van der Waals surface area contributed by atoms with E-state index >= 15 is 0 Å². The average Bonchev–Trinajstić information content (AvgIpc) is 2.73. The number of amides is 1. The van der Waals surface area contributed by atoms with Gasteiger partial charge in [0.15, 0.2) is 11.5 Å². The number of nitrogens with one attached hydrogen (secondary N) is 3. The highest BCUT2D eigenvalue weighted by Gasteiger charge is 2.09. The molecule has 2 aromatic heterocycles. The number of rotatable bonds is 3. The van der Waals surface area contributed by atoms with Crippen LogP contribution in [0.15, 0.2) is 6.33 Å². The topological polar surface area (TPSA) is 95.6 Å². The standard InChI is InChI=1S/C8H9ClN6O/c1-10-4(16)2-11-6-5-7(13-3-12-5)15-8(9)14-6/h3H,2H2,1H3,(H,10,16)(H2,11,12,13,14,15). The van der Waals surface area contributed by atoms with Crippen molar-refractivity contribution in [1.82, 2.24) is 25.3 Å². The lowest BCUT2D eigenvalue weighted by molar-refractivity contribution is -0.118. The molecule has 0 saturated heterocycles. The normalized spacial score (nSPS) is 10.4. The van der Waals surface area contributed by atoms with Gasteiger partial charge in [0.2, 0.25) is 11.2 Å². The van der Waals surface area contributed by atoms with Crippen molar-refractivity contribution in [3.05, 3.63) is 11.6 Å². The molecule has 0 fully saturated rings. The SMILES string of the molecule is CNC(=O)CNc1nc(Cl)nc2nc[nH]c12. The van der Waals surface area contributed by atoms with Crippen LogP contribution in [0.25, 0.3) is 11.2 Å². The van der Waals surface area contributed by atoms with Gasteiger partial charge in [-0.2, -0.15) is 9.97 Å². The maximum absolute atomic E-state index is 11.1. The van der Waals surface area contributed by atoms with Crippen LogP contribution in [-0.4, -0.2) is 39.4 Å². The number of halogens is 1. The molecule has 2 rings (SSSR count). The number of H-pyrrole nitrogens is 1. The lowest BCUT2D eigenvalue weighted by Crippen LogP contribution is -2.26. The summed E-state index contributed by atoms with van der Waals surface area (Å²) in [6.45, 7) is 0.109. The monoisotopic (exact) mass is 240 g/mol. The van der Waals surface area contributed by atoms with Gasteiger partial charge in [-0.1, -0.05) is 0 Å². The van der Waals surface area contributed by atoms with E-state index in [2.05, 4.69) is 30.6 Å². The maximum Gasteiger partial charge on any atom is 0.239 e. The van der Waals surface area contributed by atoms with Gasteiger partial charge in [-0.3, -0.25) is 4.79 Å². The summed E-state index contributed by atoms with van der Waals surface area (Å²) in [5.41, 5.74) is 1.08. The first-order valence-corrected chi connectivity index (χ1v) is 4.89. The Hall–Kier alpha value is -1.89. The summed E-state index contributed by atoms with van der Waals surface area (Å²) >= 11 is 5.71. The highest BCUT2D eigenvalue weighted by atomic mass is 35.5. The molecule has 0 saturated carbocycles. The number of likely N-dealkylation sites (N-methyl/N-ethyl adjacent to an activating group) is 1. The summed E-state index contributed by atoms with van der Waals surface area (Å²) < 4.78 is 0. The van der Waals surface area contributed by atoms with E-state index < -0.39 is 0 Å². The largest absolute Gasteiger partial charge is 0.359 e. The van der Waals surface area contributed by atoms with Crippen molar-refractivity contribution in [1.29, 1.82) is 0 Å². The summed E-state index contributed by atoms with van der Waals surface area (Å²) in [7, 11) is 1.56. The van der Waals surface area contributed by atoms with Crippen molar-refractivity contribution < 1.29 is 4.79 Å². The van der Waals surface area contributed by atoms with E-state index in [4.69, 9.17) is 11.6 Å². The molecule has 0 atom stereocenters. The smallest absolute Gasteiger partial charge is 0.239 e. The van der Waals surface area contributed by atoms with E-state index in [1.807, 2.05) is 0 Å². The molecule has 0 aliphatic carbocycles. The van der Waals surface area contributed by atoms with Gasteiger partial charge >= 0.3 is 0 Å². The Morgan fingerprint density at radius 3 is 3.12 bits per heavy atom. The Bertz CT molecular complexity index is 524. The van der Waals surface area contributed by atoms with Crippen LogP contribution in [0.1, 0.15) is 0 Å². The molecule has 0 bridgehead atoms. The number of aromatic nitrogens is 4. The molecule has 0 aliphatic rings. The molecule has 1 amide bonds. The molecule has 7 nitrogen and oxygen atoms in total. The Morgan fingerprint density at radius 1 is 1.56 bits per heavy atom. The van der Waals surface area contributed by atoms with Crippen LogP contribution >= 0.6 is 11.6 Å². The maximum atomic E-state index is 11.1. The number of hydrogen-bond acceptors (Lipinski definition) is 5. The fraction of sp³-hybridized carbons (Fsp3) is 0.250. The van der Waals surface area contributed by atoms with Crippen LogP contribution in [0.3, 0.4) is 0 Å². The molecule has 2 aromatic rings. The Kier molecular flexibility index (Phi) is 2.86. The van der Waals surface area contributed by atoms with Gasteiger partial charge in [-0.15, -0.1) is 0 Å². The number of carbonyl (C=O) groups excluding carboxylic acids is 1. The van der Waals surface area contributed by atoms with E-state index in [1.165, 1.54) is 6.33 Å². The van der Waals surface area contributed by atoms with E-state index in [0.29, 0.717) is 17.0 Å². The van der Waals surface area contributed by atoms with Crippen LogP contribution in [0, 0.1) is 0 Å². The molecular weight excluding hydrogens is 232 g/mol. The molecule has 16 heavy (non-hydrogen) atoms. The Labute approximate surface area is 95.6 Å². The van der Waals surface area contributed by atoms with Crippen molar-refractivity contribution in [2.45, 2.75) is 0 Å². The predicted molar refractivity (Wildman–Crippen MR) is 59.3 cm³/mol. The van der Waals surface area contributed by atoms with Gasteiger partial charge in [-0.25, -0.2) is 4.98 Å². The van der Waals surface area contributed by atoms with Crippen LogP contribution in [-0.2, 0) is 4.79 Å². The van der Waals surface area contributed by atoms with E-state index in [0.717, 1.165) is 0 Å². The summed E-state index contributed by atoms with van der Waals surface area (Å²) in [5, 5.41) is 5.42. The quantitative estimate of drug-likeness (QED) is 0.665. The first-order chi connectivity index (χ1) is 7.70. The second-order valence-electron chi connectivity index (χ2n) is 2.97. The number of aromatic amines is 1. The fourth-order valence-corrected chi connectivity index (χ4v) is 1.35. The van der Waals surface area contributed by atoms with Crippen LogP contribution in [0.5, 0.6) is 0 Å². The number of anilines is 1. The number of imidazole rings is 1. The third-order valence-electron chi connectivity index (χ3n) is 1.95. The fourth-order valence-electron chi connectivity index (χ4n) is 1.19. The first-order valence-electron chi connectivity index (χ1n) is 4.52. The second-order valence-corrected chi connectivity index (χ2v) is 3.31. The molecular formula is C8H9ClN6O. The molecule has 8 heteroatoms. The lowest BCUT2D eigenvalue weighted by Gasteiger charge is -2.05. The number of carbonyl (C=O) groups is 1. The minimum Gasteiger partial charge on any atom is -0.359 e. The molecule has 3 N–H and O–H groups in total. The first kappa shape index (κ1) is 10.6. The van der Waals surface area contributed by atoms with Crippen LogP contribution < -0.4 is 10.6 Å². The van der Waals surface area contributed by atoms with Crippen molar-refractivity contribution in [3.8, 4) is 0 Å². The minimum atomic E-state index is -0.151. The van der Waals surface area contributed by atoms with Gasteiger partial charge in [0.05, 0.1) is 12.9 Å². The van der Waals surface area contributed by atoms with Gasteiger partial charge in [-0.05, 0) is 11.6 Å². The molecule has 0 radical (unpaired) electrons. The van der Waals surface area contributed by atoms with E-state index in [9.17, 15) is 4.79 Å². The molecule has 84 valence electrons. The van der Waals surface area contributed by atoms with E-state index in [1.54, 1.807) is 7.05 Å². The second kappa shape index (κ2) is 4.31. The highest BCUT2D eigenvalue weighted by Crippen LogP contribution is 2.17. The van der Waals surface area contributed by atoms with Crippen molar-refractivity contribution in [3.63, 3.8) is 0 Å². The summed E-state index contributed by atoms with van der Waals surface area (Å²) in [4.78, 5) is 25.8. The zero-order chi connectivity index (χ0) is 11.5. The number of fused-ring (bicyclic) bond motifs is 1. The van der Waals surface area contributed by atoms with E-state index in [-0.39, 0.29) is 17.7 Å². The van der Waals surface area contributed by atoms with Gasteiger partial charge in [0.1, 0.15) is 5.52 Å². The van der Waals surface area contributed by atoms with Crippen LogP contribution in [0.4, 0.5) is 5.82 Å². The van der Waals surface area contributed by atoms with Gasteiger partial charge in [0, 0.05) is 7.05 Å². The lowest BCUT2D eigenvalue weighted by atomic mass is 10.4. The molecule has 0 spiro atoms. The van der Waals surface area contributed by atoms with Gasteiger partial charge < -0.3 is 15.6 Å². The summed E-state index contributed by atoms with van der Waals surface area (Å²) in [5.74, 6) is 0.304. The summed E-state index contributed by atoms with van der Waals surface area (Å²) in [6, 6.07) is 0. The minimum absolute atomic E-state index is 0.0824. The van der Waals surface area contributed by atoms with Gasteiger partial charge in [0.25, 0.3) is 0 Å². The Balaban J connectivity index is 2.28. The third-order valence-corrected chi connectivity index (χ3v) is 2.12. The zero-order valence-electron chi connectivity index (χ0n) is 8.41. The number of hydrogen-bond donors (Lipinski definition) is 3. The molecule has 0 aliphatic heterocycles. The Morgan fingerprint density at radius 2 is 2.38 bits per heavy atom. The highest BCUT2D eigenvalue weighted by molar-refractivity contribution is 6.28. The molecule has 2 heterocycles. The third kappa shape index (κ3) is 2.03. The zero-order valence-corrected chi connectivity index (χ0v) is 9.17. The predicted octanol–water partition coefficient (Wildman–Crippen LogP) is 0.164.